The molecule has 1 aliphatic heterocycles. The molecule has 2 atom stereocenters. The lowest BCUT2D eigenvalue weighted by atomic mass is 9.95. The Balaban J connectivity index is 1.70. The lowest BCUT2D eigenvalue weighted by Crippen LogP contribution is -2.25. The van der Waals surface area contributed by atoms with E-state index in [9.17, 15) is 13.2 Å². The van der Waals surface area contributed by atoms with Crippen LogP contribution in [0.2, 0.25) is 0 Å². The standard InChI is InChI=1S/C18H16F3N/c19-18(20,21)14-4-1-11(2-5-14)12-3-6-15-13-7-8-22-17(10-13)16(15)9-12/h1-6,9,13,17,22H,7-8,10H2/t13?,17-/m1/s1. The van der Waals surface area contributed by atoms with Crippen LogP contribution in [-0.2, 0) is 6.18 Å². The molecule has 1 heterocycles. The van der Waals surface area contributed by atoms with Crippen LogP contribution in [0.25, 0.3) is 11.1 Å². The second kappa shape index (κ2) is 4.85. The summed E-state index contributed by atoms with van der Waals surface area (Å²) in [5.41, 5.74) is 3.94. The number of piperidine rings is 1. The average Bonchev–Trinajstić information content (AvgIpc) is 2.77. The van der Waals surface area contributed by atoms with Crippen LogP contribution in [0, 0.1) is 0 Å². The van der Waals surface area contributed by atoms with Crippen molar-refractivity contribution < 1.29 is 13.2 Å². The monoisotopic (exact) mass is 303 g/mol. The van der Waals surface area contributed by atoms with Crippen molar-refractivity contribution in [3.05, 3.63) is 59.2 Å². The number of fused-ring (bicyclic) bond motifs is 5. The quantitative estimate of drug-likeness (QED) is 0.790. The van der Waals surface area contributed by atoms with Gasteiger partial charge in [0.2, 0.25) is 0 Å². The molecule has 1 aliphatic carbocycles. The number of alkyl halides is 3. The zero-order valence-corrected chi connectivity index (χ0v) is 12.0. The van der Waals surface area contributed by atoms with Gasteiger partial charge in [-0.15, -0.1) is 0 Å². The third kappa shape index (κ3) is 2.22. The molecule has 2 aromatic rings. The first-order chi connectivity index (χ1) is 10.5. The highest BCUT2D eigenvalue weighted by molar-refractivity contribution is 5.66. The van der Waals surface area contributed by atoms with Crippen molar-refractivity contribution in [3.63, 3.8) is 0 Å². The maximum absolute atomic E-state index is 12.6. The van der Waals surface area contributed by atoms with Gasteiger partial charge in [-0.25, -0.2) is 0 Å². The van der Waals surface area contributed by atoms with Gasteiger partial charge in [-0.1, -0.05) is 24.3 Å². The lowest BCUT2D eigenvalue weighted by Gasteiger charge is -2.20. The molecule has 2 aromatic carbocycles. The van der Waals surface area contributed by atoms with Gasteiger partial charge in [-0.2, -0.15) is 13.2 Å². The minimum Gasteiger partial charge on any atom is -0.310 e. The molecule has 1 unspecified atom stereocenters. The van der Waals surface area contributed by atoms with Gasteiger partial charge in [-0.05, 0) is 65.8 Å². The van der Waals surface area contributed by atoms with Crippen molar-refractivity contribution in [1.82, 2.24) is 5.32 Å². The molecule has 1 nitrogen and oxygen atoms in total. The average molecular weight is 303 g/mol. The topological polar surface area (TPSA) is 12.0 Å². The number of benzene rings is 2. The summed E-state index contributed by atoms with van der Waals surface area (Å²) in [6, 6.07) is 12.1. The Morgan fingerprint density at radius 2 is 1.64 bits per heavy atom. The number of hydrogen-bond donors (Lipinski definition) is 1. The number of nitrogens with one attached hydrogen (secondary N) is 1. The van der Waals surface area contributed by atoms with E-state index in [0.29, 0.717) is 12.0 Å². The Morgan fingerprint density at radius 1 is 0.909 bits per heavy atom. The van der Waals surface area contributed by atoms with E-state index in [1.807, 2.05) is 6.07 Å². The van der Waals surface area contributed by atoms with Crippen molar-refractivity contribution in [3.8, 4) is 11.1 Å². The second-order valence-corrected chi connectivity index (χ2v) is 6.15. The minimum atomic E-state index is -4.28. The molecule has 1 N–H and O–H groups in total. The van der Waals surface area contributed by atoms with Gasteiger partial charge < -0.3 is 5.32 Å². The fourth-order valence-corrected chi connectivity index (χ4v) is 3.72. The predicted octanol–water partition coefficient (Wildman–Crippen LogP) is 4.89. The summed E-state index contributed by atoms with van der Waals surface area (Å²) in [4.78, 5) is 0. The maximum Gasteiger partial charge on any atom is 0.416 e. The number of hydrogen-bond acceptors (Lipinski definition) is 1. The van der Waals surface area contributed by atoms with E-state index in [-0.39, 0.29) is 0 Å². The van der Waals surface area contributed by atoms with Crippen LogP contribution in [0.15, 0.2) is 42.5 Å². The number of halogens is 3. The highest BCUT2D eigenvalue weighted by Crippen LogP contribution is 2.45. The summed E-state index contributed by atoms with van der Waals surface area (Å²) in [5.74, 6) is 0.642. The van der Waals surface area contributed by atoms with Gasteiger partial charge in [0.25, 0.3) is 0 Å². The molecule has 0 aromatic heterocycles. The summed E-state index contributed by atoms with van der Waals surface area (Å²) in [6.45, 7) is 1.04. The van der Waals surface area contributed by atoms with Gasteiger partial charge in [0, 0.05) is 6.04 Å². The molecular weight excluding hydrogens is 287 g/mol. The normalized spacial score (nSPS) is 23.4. The van der Waals surface area contributed by atoms with Crippen LogP contribution in [0.5, 0.6) is 0 Å². The summed E-state index contributed by atoms with van der Waals surface area (Å²) < 4.78 is 37.9. The minimum absolute atomic E-state index is 0.406. The Hall–Kier alpha value is -1.81. The van der Waals surface area contributed by atoms with E-state index in [1.165, 1.54) is 17.5 Å². The van der Waals surface area contributed by atoms with Gasteiger partial charge in [0.05, 0.1) is 5.56 Å². The first kappa shape index (κ1) is 13.8. The van der Waals surface area contributed by atoms with E-state index in [0.717, 1.165) is 36.2 Å². The molecule has 1 fully saturated rings. The molecule has 1 saturated heterocycles. The molecule has 0 radical (unpaired) electrons. The van der Waals surface area contributed by atoms with Crippen LogP contribution in [0.1, 0.15) is 41.5 Å². The summed E-state index contributed by atoms with van der Waals surface area (Å²) in [6.07, 6.45) is -1.97. The van der Waals surface area contributed by atoms with Gasteiger partial charge in [0.15, 0.2) is 0 Å². The largest absolute Gasteiger partial charge is 0.416 e. The van der Waals surface area contributed by atoms with Gasteiger partial charge in [0.1, 0.15) is 0 Å². The second-order valence-electron chi connectivity index (χ2n) is 6.15. The molecule has 0 amide bonds. The van der Waals surface area contributed by atoms with E-state index >= 15 is 0 Å². The first-order valence-corrected chi connectivity index (χ1v) is 7.57. The SMILES string of the molecule is FC(F)(F)c1ccc(-c2ccc3c(c2)[C@H]2CC3CCN2)cc1. The van der Waals surface area contributed by atoms with E-state index in [1.54, 1.807) is 12.1 Å². The molecule has 0 saturated carbocycles. The molecule has 4 rings (SSSR count). The summed E-state index contributed by atoms with van der Waals surface area (Å²) in [5, 5.41) is 3.53. The summed E-state index contributed by atoms with van der Waals surface area (Å²) >= 11 is 0. The van der Waals surface area contributed by atoms with Crippen LogP contribution in [0.4, 0.5) is 13.2 Å². The highest BCUT2D eigenvalue weighted by atomic mass is 19.4. The molecule has 2 bridgehead atoms. The Morgan fingerprint density at radius 3 is 2.36 bits per heavy atom. The van der Waals surface area contributed by atoms with Crippen LogP contribution >= 0.6 is 0 Å². The molecule has 22 heavy (non-hydrogen) atoms. The van der Waals surface area contributed by atoms with Crippen LogP contribution in [0.3, 0.4) is 0 Å². The van der Waals surface area contributed by atoms with E-state index in [4.69, 9.17) is 0 Å². The third-order valence-corrected chi connectivity index (χ3v) is 4.85. The van der Waals surface area contributed by atoms with E-state index in [2.05, 4.69) is 17.4 Å². The van der Waals surface area contributed by atoms with E-state index < -0.39 is 11.7 Å². The molecule has 0 spiro atoms. The van der Waals surface area contributed by atoms with Crippen LogP contribution < -0.4 is 5.32 Å². The molecular formula is C18H16F3N. The Bertz CT molecular complexity index is 703. The van der Waals surface area contributed by atoms with Crippen molar-refractivity contribution in [2.24, 2.45) is 0 Å². The molecule has 114 valence electrons. The zero-order valence-electron chi connectivity index (χ0n) is 12.0. The van der Waals surface area contributed by atoms with Crippen molar-refractivity contribution >= 4 is 0 Å². The van der Waals surface area contributed by atoms with Crippen molar-refractivity contribution in [2.45, 2.75) is 31.0 Å². The zero-order chi connectivity index (χ0) is 15.3. The first-order valence-electron chi connectivity index (χ1n) is 7.57. The Labute approximate surface area is 127 Å². The predicted molar refractivity (Wildman–Crippen MR) is 79.6 cm³/mol. The van der Waals surface area contributed by atoms with Crippen molar-refractivity contribution in [2.75, 3.05) is 6.54 Å². The molecule has 2 aliphatic rings. The van der Waals surface area contributed by atoms with Crippen LogP contribution in [-0.4, -0.2) is 6.54 Å². The smallest absolute Gasteiger partial charge is 0.310 e. The van der Waals surface area contributed by atoms with Gasteiger partial charge in [-0.3, -0.25) is 0 Å². The highest BCUT2D eigenvalue weighted by Gasteiger charge is 2.34. The Kier molecular flexibility index (Phi) is 3.05. The third-order valence-electron chi connectivity index (χ3n) is 4.85. The fraction of sp³-hybridized carbons (Fsp3) is 0.333. The summed E-state index contributed by atoms with van der Waals surface area (Å²) in [7, 11) is 0. The fourth-order valence-electron chi connectivity index (χ4n) is 3.72. The molecule has 4 heteroatoms. The number of rotatable bonds is 1. The van der Waals surface area contributed by atoms with Crippen molar-refractivity contribution in [1.29, 1.82) is 0 Å². The maximum atomic E-state index is 12.6. The lowest BCUT2D eigenvalue weighted by molar-refractivity contribution is -0.137. The van der Waals surface area contributed by atoms with Gasteiger partial charge >= 0.3 is 6.18 Å².